The molecule has 0 aromatic heterocycles. The fraction of sp³-hybridized carbons (Fsp3) is 0.500. The van der Waals surface area contributed by atoms with Crippen molar-refractivity contribution in [2.75, 3.05) is 5.32 Å². The number of carboxylic acids is 1. The number of para-hydroxylation sites is 1. The minimum atomic E-state index is -1.01. The SMILES string of the molecule is CCc1cccc(C)c1NC(=O)N[C@@H](CC(C)C)C(=O)O. The zero-order chi connectivity index (χ0) is 16.0. The highest BCUT2D eigenvalue weighted by Gasteiger charge is 2.21. The van der Waals surface area contributed by atoms with Gasteiger partial charge in [0.25, 0.3) is 0 Å². The lowest BCUT2D eigenvalue weighted by molar-refractivity contribution is -0.139. The fourth-order valence-corrected chi connectivity index (χ4v) is 2.20. The van der Waals surface area contributed by atoms with E-state index in [9.17, 15) is 9.59 Å². The second kappa shape index (κ2) is 7.67. The van der Waals surface area contributed by atoms with E-state index in [4.69, 9.17) is 5.11 Å². The van der Waals surface area contributed by atoms with Crippen molar-refractivity contribution in [2.24, 2.45) is 5.92 Å². The number of urea groups is 1. The number of hydrogen-bond acceptors (Lipinski definition) is 2. The number of benzene rings is 1. The van der Waals surface area contributed by atoms with Crippen LogP contribution in [0.2, 0.25) is 0 Å². The molecule has 0 spiro atoms. The molecular formula is C16H24N2O3. The Kier molecular flexibility index (Phi) is 6.21. The molecule has 0 aliphatic carbocycles. The van der Waals surface area contributed by atoms with Crippen molar-refractivity contribution in [3.05, 3.63) is 29.3 Å². The number of anilines is 1. The number of aliphatic carboxylic acids is 1. The molecule has 2 amide bonds. The van der Waals surface area contributed by atoms with E-state index in [1.165, 1.54) is 0 Å². The summed E-state index contributed by atoms with van der Waals surface area (Å²) in [7, 11) is 0. The molecule has 0 radical (unpaired) electrons. The summed E-state index contributed by atoms with van der Waals surface area (Å²) in [6, 6.07) is 4.45. The first kappa shape index (κ1) is 17.0. The van der Waals surface area contributed by atoms with Crippen LogP contribution in [0.5, 0.6) is 0 Å². The molecular weight excluding hydrogens is 268 g/mol. The van der Waals surface area contributed by atoms with Crippen LogP contribution in [0, 0.1) is 12.8 Å². The van der Waals surface area contributed by atoms with E-state index in [2.05, 4.69) is 10.6 Å². The third kappa shape index (κ3) is 5.10. The molecule has 0 bridgehead atoms. The lowest BCUT2D eigenvalue weighted by Gasteiger charge is -2.18. The van der Waals surface area contributed by atoms with E-state index < -0.39 is 18.0 Å². The second-order valence-electron chi connectivity index (χ2n) is 5.58. The van der Waals surface area contributed by atoms with Gasteiger partial charge < -0.3 is 15.7 Å². The molecule has 0 aliphatic heterocycles. The number of carboxylic acid groups (broad SMARTS) is 1. The predicted octanol–water partition coefficient (Wildman–Crippen LogP) is 3.18. The zero-order valence-corrected chi connectivity index (χ0v) is 13.1. The summed E-state index contributed by atoms with van der Waals surface area (Å²) >= 11 is 0. The van der Waals surface area contributed by atoms with Gasteiger partial charge in [0.15, 0.2) is 0 Å². The number of carbonyl (C=O) groups is 2. The molecule has 5 heteroatoms. The van der Waals surface area contributed by atoms with Crippen LogP contribution in [0.4, 0.5) is 10.5 Å². The van der Waals surface area contributed by atoms with E-state index in [1.807, 2.05) is 45.9 Å². The van der Waals surface area contributed by atoms with Crippen molar-refractivity contribution in [3.63, 3.8) is 0 Å². The maximum absolute atomic E-state index is 12.0. The van der Waals surface area contributed by atoms with Crippen molar-refractivity contribution in [1.82, 2.24) is 5.32 Å². The largest absolute Gasteiger partial charge is 0.480 e. The summed E-state index contributed by atoms with van der Waals surface area (Å²) in [5, 5.41) is 14.5. The molecule has 0 unspecified atom stereocenters. The standard InChI is InChI=1S/C16H24N2O3/c1-5-12-8-6-7-11(4)14(12)18-16(21)17-13(15(19)20)9-10(2)3/h6-8,10,13H,5,9H2,1-4H3,(H,19,20)(H2,17,18,21)/t13-/m0/s1. The van der Waals surface area contributed by atoms with Gasteiger partial charge in [-0.25, -0.2) is 9.59 Å². The Morgan fingerprint density at radius 2 is 1.95 bits per heavy atom. The van der Waals surface area contributed by atoms with Gasteiger partial charge in [0.2, 0.25) is 0 Å². The number of rotatable bonds is 6. The first-order chi connectivity index (χ1) is 9.85. The van der Waals surface area contributed by atoms with Crippen molar-refractivity contribution in [3.8, 4) is 0 Å². The highest BCUT2D eigenvalue weighted by molar-refractivity contribution is 5.93. The van der Waals surface area contributed by atoms with Crippen LogP contribution < -0.4 is 10.6 Å². The first-order valence-corrected chi connectivity index (χ1v) is 7.24. The predicted molar refractivity (Wildman–Crippen MR) is 83.6 cm³/mol. The molecule has 1 aromatic rings. The molecule has 0 saturated heterocycles. The lowest BCUT2D eigenvalue weighted by atomic mass is 10.0. The Balaban J connectivity index is 2.79. The monoisotopic (exact) mass is 292 g/mol. The molecule has 0 fully saturated rings. The normalized spacial score (nSPS) is 12.0. The van der Waals surface area contributed by atoms with Gasteiger partial charge in [-0.1, -0.05) is 39.0 Å². The summed E-state index contributed by atoms with van der Waals surface area (Å²) < 4.78 is 0. The van der Waals surface area contributed by atoms with Crippen LogP contribution in [-0.4, -0.2) is 23.1 Å². The van der Waals surface area contributed by atoms with E-state index in [0.29, 0.717) is 6.42 Å². The Hall–Kier alpha value is -2.04. The lowest BCUT2D eigenvalue weighted by Crippen LogP contribution is -2.43. The molecule has 0 aliphatic rings. The van der Waals surface area contributed by atoms with E-state index in [0.717, 1.165) is 23.2 Å². The van der Waals surface area contributed by atoms with Crippen LogP contribution in [0.15, 0.2) is 18.2 Å². The van der Waals surface area contributed by atoms with E-state index in [1.54, 1.807) is 0 Å². The maximum Gasteiger partial charge on any atom is 0.326 e. The first-order valence-electron chi connectivity index (χ1n) is 7.24. The van der Waals surface area contributed by atoms with Crippen LogP contribution in [0.25, 0.3) is 0 Å². The zero-order valence-electron chi connectivity index (χ0n) is 13.1. The minimum Gasteiger partial charge on any atom is -0.480 e. The minimum absolute atomic E-state index is 0.191. The van der Waals surface area contributed by atoms with Crippen molar-refractivity contribution < 1.29 is 14.7 Å². The number of hydrogen-bond donors (Lipinski definition) is 3. The average Bonchev–Trinajstić information content (AvgIpc) is 2.39. The van der Waals surface area contributed by atoms with Gasteiger partial charge in [-0.15, -0.1) is 0 Å². The third-order valence-electron chi connectivity index (χ3n) is 3.29. The maximum atomic E-state index is 12.0. The molecule has 0 heterocycles. The number of nitrogens with one attached hydrogen (secondary N) is 2. The average molecular weight is 292 g/mol. The smallest absolute Gasteiger partial charge is 0.326 e. The molecule has 1 aromatic carbocycles. The van der Waals surface area contributed by atoms with Crippen LogP contribution >= 0.6 is 0 Å². The van der Waals surface area contributed by atoms with Crippen molar-refractivity contribution in [1.29, 1.82) is 0 Å². The highest BCUT2D eigenvalue weighted by atomic mass is 16.4. The second-order valence-corrected chi connectivity index (χ2v) is 5.58. The van der Waals surface area contributed by atoms with Crippen LogP contribution in [-0.2, 0) is 11.2 Å². The quantitative estimate of drug-likeness (QED) is 0.753. The summed E-state index contributed by atoms with van der Waals surface area (Å²) in [4.78, 5) is 23.2. The summed E-state index contributed by atoms with van der Waals surface area (Å²) in [6.07, 6.45) is 1.20. The van der Waals surface area contributed by atoms with Crippen LogP contribution in [0.1, 0.15) is 38.3 Å². The number of carbonyl (C=O) groups excluding carboxylic acids is 1. The summed E-state index contributed by atoms with van der Waals surface area (Å²) in [5.41, 5.74) is 2.74. The Morgan fingerprint density at radius 1 is 1.29 bits per heavy atom. The Morgan fingerprint density at radius 3 is 2.48 bits per heavy atom. The van der Waals surface area contributed by atoms with Gasteiger partial charge in [0.05, 0.1) is 0 Å². The molecule has 3 N–H and O–H groups in total. The van der Waals surface area contributed by atoms with Gasteiger partial charge in [0, 0.05) is 5.69 Å². The molecule has 5 nitrogen and oxygen atoms in total. The van der Waals surface area contributed by atoms with Crippen molar-refractivity contribution in [2.45, 2.75) is 46.6 Å². The Labute approximate surface area is 125 Å². The summed E-state index contributed by atoms with van der Waals surface area (Å²) in [5.74, 6) is -0.824. The van der Waals surface area contributed by atoms with Gasteiger partial charge >= 0.3 is 12.0 Å². The highest BCUT2D eigenvalue weighted by Crippen LogP contribution is 2.21. The van der Waals surface area contributed by atoms with Gasteiger partial charge in [-0.3, -0.25) is 0 Å². The Bertz CT molecular complexity index is 512. The van der Waals surface area contributed by atoms with Crippen molar-refractivity contribution >= 4 is 17.7 Å². The molecule has 0 saturated carbocycles. The van der Waals surface area contributed by atoms with Crippen LogP contribution in [0.3, 0.4) is 0 Å². The van der Waals surface area contributed by atoms with Gasteiger partial charge in [-0.05, 0) is 36.8 Å². The topological polar surface area (TPSA) is 78.4 Å². The molecule has 21 heavy (non-hydrogen) atoms. The number of aryl methyl sites for hydroxylation is 2. The molecule has 1 atom stereocenters. The fourth-order valence-electron chi connectivity index (χ4n) is 2.20. The number of amides is 2. The van der Waals surface area contributed by atoms with E-state index >= 15 is 0 Å². The molecule has 1 rings (SSSR count). The van der Waals surface area contributed by atoms with Gasteiger partial charge in [0.1, 0.15) is 6.04 Å². The summed E-state index contributed by atoms with van der Waals surface area (Å²) in [6.45, 7) is 7.77. The third-order valence-corrected chi connectivity index (χ3v) is 3.29. The van der Waals surface area contributed by atoms with Gasteiger partial charge in [-0.2, -0.15) is 0 Å². The van der Waals surface area contributed by atoms with E-state index in [-0.39, 0.29) is 5.92 Å². The molecule has 116 valence electrons.